The number of carbonyl (C=O) groups excluding carboxylic acids is 2. The Labute approximate surface area is 202 Å². The third kappa shape index (κ3) is 5.53. The van der Waals surface area contributed by atoms with Crippen LogP contribution in [0, 0.1) is 11.7 Å². The summed E-state index contributed by atoms with van der Waals surface area (Å²) < 4.78 is 15.5. The molecular formula is C25H32FN5O4. The summed E-state index contributed by atoms with van der Waals surface area (Å²) in [7, 11) is 0. The van der Waals surface area contributed by atoms with Crippen LogP contribution >= 0.6 is 0 Å². The highest BCUT2D eigenvalue weighted by molar-refractivity contribution is 6.01. The monoisotopic (exact) mass is 485 g/mol. The van der Waals surface area contributed by atoms with Crippen molar-refractivity contribution in [3.8, 4) is 0 Å². The molecule has 10 heteroatoms. The summed E-state index contributed by atoms with van der Waals surface area (Å²) >= 11 is 0. The fourth-order valence-electron chi connectivity index (χ4n) is 4.61. The number of nitrogens with zero attached hydrogens (tertiary/aromatic N) is 3. The molecule has 2 aromatic rings. The van der Waals surface area contributed by atoms with Crippen LogP contribution in [-0.4, -0.2) is 51.4 Å². The van der Waals surface area contributed by atoms with E-state index in [0.29, 0.717) is 31.0 Å². The van der Waals surface area contributed by atoms with Gasteiger partial charge >= 0.3 is 5.69 Å². The molecular weight excluding hydrogens is 453 g/mol. The standard InChI is InChI=1S/C25H32FN5O4/c1-2-30-24(34)21(22(27)31(25(30)35)14-17-8-10-18(26)11-9-17)20(32)15-29-12-4-3-5-19(29)23(33)28-13-16-6-7-16/h8-11,16,19H,2-7,12-15,27H2,1H3,(H,28,33)/t19-/m1/s1. The Hall–Kier alpha value is -3.27. The number of aromatic nitrogens is 2. The lowest BCUT2D eigenvalue weighted by Gasteiger charge is -2.34. The number of nitrogens with two attached hydrogens (primary N) is 1. The molecule has 1 saturated heterocycles. The van der Waals surface area contributed by atoms with Gasteiger partial charge in [0.15, 0.2) is 5.78 Å². The number of nitrogen functional groups attached to an aromatic ring is 1. The van der Waals surface area contributed by atoms with E-state index >= 15 is 0 Å². The fourth-order valence-corrected chi connectivity index (χ4v) is 4.61. The molecule has 0 radical (unpaired) electrons. The van der Waals surface area contributed by atoms with Crippen molar-refractivity contribution in [2.75, 3.05) is 25.4 Å². The zero-order valence-corrected chi connectivity index (χ0v) is 20.0. The Morgan fingerprint density at radius 2 is 1.80 bits per heavy atom. The number of rotatable bonds is 9. The SMILES string of the molecule is CCn1c(=O)c(C(=O)CN2CCCC[C@@H]2C(=O)NCC2CC2)c(N)n(Cc2ccc(F)cc2)c1=O. The highest BCUT2D eigenvalue weighted by Crippen LogP contribution is 2.28. The molecule has 35 heavy (non-hydrogen) atoms. The number of Topliss-reactive ketones (excluding diaryl/α,β-unsaturated/α-hetero) is 1. The average Bonchev–Trinajstić information content (AvgIpc) is 3.67. The summed E-state index contributed by atoms with van der Waals surface area (Å²) in [6, 6.07) is 5.13. The van der Waals surface area contributed by atoms with Crippen molar-refractivity contribution in [1.29, 1.82) is 0 Å². The van der Waals surface area contributed by atoms with Crippen molar-refractivity contribution < 1.29 is 14.0 Å². The Balaban J connectivity index is 1.61. The lowest BCUT2D eigenvalue weighted by atomic mass is 10.00. The minimum absolute atomic E-state index is 0.0125. The first-order chi connectivity index (χ1) is 16.8. The number of piperidine rings is 1. The van der Waals surface area contributed by atoms with Gasteiger partial charge in [0.2, 0.25) is 5.91 Å². The van der Waals surface area contributed by atoms with Gasteiger partial charge in [0.25, 0.3) is 5.56 Å². The summed E-state index contributed by atoms with van der Waals surface area (Å²) in [5.41, 5.74) is 5.21. The Bertz CT molecular complexity index is 1220. The molecule has 2 heterocycles. The van der Waals surface area contributed by atoms with Crippen molar-refractivity contribution >= 4 is 17.5 Å². The zero-order valence-electron chi connectivity index (χ0n) is 20.0. The van der Waals surface area contributed by atoms with Crippen molar-refractivity contribution in [1.82, 2.24) is 19.4 Å². The lowest BCUT2D eigenvalue weighted by molar-refractivity contribution is -0.127. The molecule has 0 unspecified atom stereocenters. The Morgan fingerprint density at radius 3 is 2.46 bits per heavy atom. The maximum Gasteiger partial charge on any atom is 0.332 e. The predicted molar refractivity (Wildman–Crippen MR) is 130 cm³/mol. The van der Waals surface area contributed by atoms with Crippen LogP contribution < -0.4 is 22.3 Å². The van der Waals surface area contributed by atoms with Crippen LogP contribution in [0.15, 0.2) is 33.9 Å². The van der Waals surface area contributed by atoms with E-state index < -0.39 is 28.9 Å². The zero-order chi connectivity index (χ0) is 25.1. The second-order valence-electron chi connectivity index (χ2n) is 9.40. The number of ketones is 1. The maximum atomic E-state index is 13.4. The van der Waals surface area contributed by atoms with Gasteiger partial charge in [-0.3, -0.25) is 28.4 Å². The molecule has 1 aromatic heterocycles. The molecule has 1 aliphatic carbocycles. The van der Waals surface area contributed by atoms with Crippen molar-refractivity contribution in [2.45, 2.75) is 58.2 Å². The predicted octanol–water partition coefficient (Wildman–Crippen LogP) is 1.36. The van der Waals surface area contributed by atoms with E-state index in [1.54, 1.807) is 11.8 Å². The molecule has 4 rings (SSSR count). The van der Waals surface area contributed by atoms with E-state index in [0.717, 1.165) is 30.3 Å². The van der Waals surface area contributed by atoms with Crippen molar-refractivity contribution in [3.05, 3.63) is 62.0 Å². The summed E-state index contributed by atoms with van der Waals surface area (Å²) in [4.78, 5) is 54.0. The second kappa shape index (κ2) is 10.6. The van der Waals surface area contributed by atoms with E-state index in [4.69, 9.17) is 5.73 Å². The van der Waals surface area contributed by atoms with Gasteiger partial charge in [-0.05, 0) is 62.8 Å². The van der Waals surface area contributed by atoms with Gasteiger partial charge in [-0.15, -0.1) is 0 Å². The highest BCUT2D eigenvalue weighted by atomic mass is 19.1. The molecule has 9 nitrogen and oxygen atoms in total. The molecule has 1 aromatic carbocycles. The quantitative estimate of drug-likeness (QED) is 0.518. The minimum atomic E-state index is -0.734. The van der Waals surface area contributed by atoms with E-state index in [2.05, 4.69) is 5.32 Å². The van der Waals surface area contributed by atoms with Crippen LogP contribution in [0.4, 0.5) is 10.2 Å². The van der Waals surface area contributed by atoms with Crippen LogP contribution in [0.1, 0.15) is 54.9 Å². The number of hydrogen-bond donors (Lipinski definition) is 2. The number of nitrogens with one attached hydrogen (secondary N) is 1. The van der Waals surface area contributed by atoms with Crippen molar-refractivity contribution in [2.24, 2.45) is 5.92 Å². The second-order valence-corrected chi connectivity index (χ2v) is 9.40. The molecule has 2 aliphatic rings. The average molecular weight is 486 g/mol. The first-order valence-electron chi connectivity index (χ1n) is 12.2. The van der Waals surface area contributed by atoms with Gasteiger partial charge in [0, 0.05) is 13.1 Å². The number of halogens is 1. The third-order valence-electron chi connectivity index (χ3n) is 6.84. The smallest absolute Gasteiger partial charge is 0.332 e. The molecule has 1 saturated carbocycles. The number of carbonyl (C=O) groups is 2. The molecule has 1 amide bonds. The summed E-state index contributed by atoms with van der Waals surface area (Å²) in [5, 5.41) is 2.99. The number of anilines is 1. The number of hydrogen-bond acceptors (Lipinski definition) is 6. The van der Waals surface area contributed by atoms with E-state index in [9.17, 15) is 23.6 Å². The number of amides is 1. The fraction of sp³-hybridized carbons (Fsp3) is 0.520. The molecule has 1 aliphatic heterocycles. The van der Waals surface area contributed by atoms with Crippen LogP contribution in [-0.2, 0) is 17.9 Å². The third-order valence-corrected chi connectivity index (χ3v) is 6.84. The Kier molecular flexibility index (Phi) is 7.49. The van der Waals surface area contributed by atoms with E-state index in [-0.39, 0.29) is 36.9 Å². The van der Waals surface area contributed by atoms with Gasteiger partial charge in [-0.1, -0.05) is 18.6 Å². The van der Waals surface area contributed by atoms with Gasteiger partial charge in [-0.25, -0.2) is 9.18 Å². The van der Waals surface area contributed by atoms with E-state index in [1.165, 1.54) is 28.8 Å². The first kappa shape index (κ1) is 24.8. The topological polar surface area (TPSA) is 119 Å². The summed E-state index contributed by atoms with van der Waals surface area (Å²) in [6.07, 6.45) is 4.63. The molecule has 188 valence electrons. The van der Waals surface area contributed by atoms with Gasteiger partial charge in [0.05, 0.1) is 19.1 Å². The minimum Gasteiger partial charge on any atom is -0.384 e. The summed E-state index contributed by atoms with van der Waals surface area (Å²) in [5.74, 6) is -0.701. The van der Waals surface area contributed by atoms with Crippen molar-refractivity contribution in [3.63, 3.8) is 0 Å². The molecule has 0 spiro atoms. The van der Waals surface area contributed by atoms with Crippen LogP contribution in [0.5, 0.6) is 0 Å². The Morgan fingerprint density at radius 1 is 1.09 bits per heavy atom. The number of likely N-dealkylation sites (tertiary alicyclic amines) is 1. The van der Waals surface area contributed by atoms with Crippen LogP contribution in [0.2, 0.25) is 0 Å². The molecule has 1 atom stereocenters. The van der Waals surface area contributed by atoms with Crippen LogP contribution in [0.3, 0.4) is 0 Å². The first-order valence-corrected chi connectivity index (χ1v) is 12.2. The van der Waals surface area contributed by atoms with Gasteiger partial charge < -0.3 is 11.1 Å². The lowest BCUT2D eigenvalue weighted by Crippen LogP contribution is -2.52. The highest BCUT2D eigenvalue weighted by Gasteiger charge is 2.33. The van der Waals surface area contributed by atoms with E-state index in [1.807, 2.05) is 0 Å². The molecule has 2 fully saturated rings. The number of benzene rings is 1. The maximum absolute atomic E-state index is 13.4. The largest absolute Gasteiger partial charge is 0.384 e. The molecule has 3 N–H and O–H groups in total. The summed E-state index contributed by atoms with van der Waals surface area (Å²) in [6.45, 7) is 2.77. The van der Waals surface area contributed by atoms with Gasteiger partial charge in [0.1, 0.15) is 17.2 Å². The van der Waals surface area contributed by atoms with Crippen LogP contribution in [0.25, 0.3) is 0 Å². The normalized spacial score (nSPS) is 18.4. The van der Waals surface area contributed by atoms with Gasteiger partial charge in [-0.2, -0.15) is 0 Å². The molecule has 0 bridgehead atoms.